The van der Waals surface area contributed by atoms with Crippen molar-refractivity contribution in [3.05, 3.63) is 29.8 Å². The second kappa shape index (κ2) is 8.86. The maximum absolute atomic E-state index is 12.7. The molecular formula is C19H31N2O4S+. The number of quaternary nitrogens is 1. The van der Waals surface area contributed by atoms with Gasteiger partial charge in [0.1, 0.15) is 5.75 Å². The highest BCUT2D eigenvalue weighted by Gasteiger charge is 2.29. The zero-order valence-corrected chi connectivity index (χ0v) is 17.0. The summed E-state index contributed by atoms with van der Waals surface area (Å²) in [6.07, 6.45) is 3.12. The van der Waals surface area contributed by atoms with Gasteiger partial charge in [0.05, 0.1) is 32.4 Å². The molecule has 1 amide bonds. The molecule has 7 heteroatoms. The molecule has 26 heavy (non-hydrogen) atoms. The first-order chi connectivity index (χ1) is 12.2. The van der Waals surface area contributed by atoms with Crippen LogP contribution in [0.2, 0.25) is 0 Å². The lowest BCUT2D eigenvalue weighted by Crippen LogP contribution is -3.06. The van der Waals surface area contributed by atoms with E-state index < -0.39 is 15.4 Å². The second-order valence-electron chi connectivity index (χ2n) is 7.61. The van der Waals surface area contributed by atoms with Crippen molar-refractivity contribution in [3.8, 4) is 5.75 Å². The van der Waals surface area contributed by atoms with Gasteiger partial charge in [-0.2, -0.15) is 8.42 Å². The first kappa shape index (κ1) is 20.7. The lowest BCUT2D eigenvalue weighted by atomic mass is 9.84. The topological polar surface area (TPSA) is 68.1 Å². The smallest absolute Gasteiger partial charge is 0.311 e. The van der Waals surface area contributed by atoms with Crippen LogP contribution in [-0.4, -0.2) is 51.7 Å². The molecule has 6 nitrogen and oxygen atoms in total. The third kappa shape index (κ3) is 5.71. The summed E-state index contributed by atoms with van der Waals surface area (Å²) in [6, 6.07) is 6.96. The third-order valence-electron chi connectivity index (χ3n) is 4.73. The van der Waals surface area contributed by atoms with Gasteiger partial charge in [-0.1, -0.05) is 18.6 Å². The Hall–Kier alpha value is -1.60. The van der Waals surface area contributed by atoms with Crippen molar-refractivity contribution in [2.45, 2.75) is 44.9 Å². The Morgan fingerprint density at radius 2 is 1.85 bits per heavy atom. The summed E-state index contributed by atoms with van der Waals surface area (Å²) < 4.78 is 28.8. The number of benzene rings is 1. The van der Waals surface area contributed by atoms with Gasteiger partial charge in [-0.25, -0.2) is 0 Å². The molecule has 0 heterocycles. The zero-order valence-electron chi connectivity index (χ0n) is 16.2. The number of carbonyl (C=O) groups is 1. The summed E-state index contributed by atoms with van der Waals surface area (Å²) in [6.45, 7) is 5.32. The van der Waals surface area contributed by atoms with Crippen molar-refractivity contribution >= 4 is 16.0 Å². The molecule has 0 aliphatic heterocycles. The first-order valence-corrected chi connectivity index (χ1v) is 10.8. The summed E-state index contributed by atoms with van der Waals surface area (Å²) in [5.41, 5.74) is 0.973. The lowest BCUT2D eigenvalue weighted by molar-refractivity contribution is -0.857. The average Bonchev–Trinajstić information content (AvgIpc) is 2.50. The fourth-order valence-corrected chi connectivity index (χ4v) is 3.21. The number of carbonyl (C=O) groups excluding carboxylic acids is 1. The summed E-state index contributed by atoms with van der Waals surface area (Å²) in [5, 5.41) is -0.591. The number of hydrogen-bond donors (Lipinski definition) is 1. The van der Waals surface area contributed by atoms with Gasteiger partial charge in [0.25, 0.3) is 0 Å². The van der Waals surface area contributed by atoms with Crippen LogP contribution in [0.5, 0.6) is 5.75 Å². The van der Waals surface area contributed by atoms with E-state index in [2.05, 4.69) is 14.1 Å². The van der Waals surface area contributed by atoms with Crippen molar-refractivity contribution < 1.29 is 22.3 Å². The van der Waals surface area contributed by atoms with Crippen molar-refractivity contribution in [2.75, 3.05) is 27.2 Å². The van der Waals surface area contributed by atoms with Crippen molar-refractivity contribution in [2.24, 2.45) is 5.92 Å². The molecule has 1 fully saturated rings. The minimum absolute atomic E-state index is 0.172. The van der Waals surface area contributed by atoms with Crippen LogP contribution in [0.4, 0.5) is 0 Å². The summed E-state index contributed by atoms with van der Waals surface area (Å²) in [5.74, 6) is 0.711. The number of nitrogens with zero attached hydrogens (tertiary/aromatic N) is 1. The minimum Gasteiger partial charge on any atom is -0.382 e. The molecule has 1 aromatic carbocycles. The predicted molar refractivity (Wildman–Crippen MR) is 102 cm³/mol. The molecule has 0 atom stereocenters. The summed E-state index contributed by atoms with van der Waals surface area (Å²) in [7, 11) is 0.560. The Kier molecular flexibility index (Phi) is 7.06. The largest absolute Gasteiger partial charge is 0.382 e. The highest BCUT2D eigenvalue weighted by molar-refractivity contribution is 7.87. The van der Waals surface area contributed by atoms with E-state index in [9.17, 15) is 13.2 Å². The van der Waals surface area contributed by atoms with Crippen LogP contribution in [0.15, 0.2) is 24.3 Å². The Bertz CT molecular complexity index is 695. The average molecular weight is 384 g/mol. The standard InChI is InChI=1S/C19H30N2O4S/c1-15(2)26(23,24)25-18-10-8-16(9-11-18)14-21(13-12-20(3)4)19(22)17-6-5-7-17/h8-11,15,17H,5-7,12-14H2,1-4H3/p+1. The number of rotatable bonds is 9. The molecule has 1 saturated carbocycles. The zero-order chi connectivity index (χ0) is 19.3. The van der Waals surface area contributed by atoms with Gasteiger partial charge in [-0.15, -0.1) is 0 Å². The van der Waals surface area contributed by atoms with E-state index in [4.69, 9.17) is 4.18 Å². The molecule has 1 aliphatic carbocycles. The molecule has 1 aromatic rings. The summed E-state index contributed by atoms with van der Waals surface area (Å²) >= 11 is 0. The van der Waals surface area contributed by atoms with Gasteiger partial charge in [0.2, 0.25) is 5.91 Å². The van der Waals surface area contributed by atoms with Crippen LogP contribution in [0.1, 0.15) is 38.7 Å². The Morgan fingerprint density at radius 1 is 1.23 bits per heavy atom. The monoisotopic (exact) mass is 383 g/mol. The van der Waals surface area contributed by atoms with Crippen LogP contribution >= 0.6 is 0 Å². The molecule has 0 unspecified atom stereocenters. The fraction of sp³-hybridized carbons (Fsp3) is 0.632. The molecule has 0 aromatic heterocycles. The van der Waals surface area contributed by atoms with Gasteiger partial charge in [-0.3, -0.25) is 4.79 Å². The molecule has 2 rings (SSSR count). The van der Waals surface area contributed by atoms with E-state index in [1.54, 1.807) is 26.0 Å². The van der Waals surface area contributed by atoms with Crippen LogP contribution in [0.3, 0.4) is 0 Å². The number of likely N-dealkylation sites (N-methyl/N-ethyl adjacent to an activating group) is 1. The van der Waals surface area contributed by atoms with Crippen LogP contribution in [0.25, 0.3) is 0 Å². The molecule has 146 valence electrons. The molecule has 0 saturated heterocycles. The van der Waals surface area contributed by atoms with Crippen LogP contribution in [-0.2, 0) is 21.5 Å². The predicted octanol–water partition coefficient (Wildman–Crippen LogP) is 1.08. The van der Waals surface area contributed by atoms with Crippen molar-refractivity contribution in [1.82, 2.24) is 4.90 Å². The maximum Gasteiger partial charge on any atom is 0.311 e. The Labute approximate surface area is 157 Å². The first-order valence-electron chi connectivity index (χ1n) is 9.29. The van der Waals surface area contributed by atoms with E-state index in [0.29, 0.717) is 12.3 Å². The Balaban J connectivity index is 2.03. The number of nitrogens with one attached hydrogen (secondary N) is 1. The minimum atomic E-state index is -3.59. The maximum atomic E-state index is 12.7. The fourth-order valence-electron chi connectivity index (χ4n) is 2.64. The quantitative estimate of drug-likeness (QED) is 0.648. The molecule has 0 bridgehead atoms. The molecule has 1 N–H and O–H groups in total. The van der Waals surface area contributed by atoms with Gasteiger partial charge in [0.15, 0.2) is 0 Å². The lowest BCUT2D eigenvalue weighted by Gasteiger charge is -2.32. The van der Waals surface area contributed by atoms with Crippen LogP contribution < -0.4 is 9.08 Å². The third-order valence-corrected chi connectivity index (χ3v) is 6.31. The van der Waals surface area contributed by atoms with E-state index in [-0.39, 0.29) is 11.8 Å². The molecule has 0 spiro atoms. The highest BCUT2D eigenvalue weighted by atomic mass is 32.2. The van der Waals surface area contributed by atoms with Gasteiger partial charge >= 0.3 is 10.1 Å². The van der Waals surface area contributed by atoms with E-state index >= 15 is 0 Å². The SMILES string of the molecule is CC(C)S(=O)(=O)Oc1ccc(CN(CC[NH+](C)C)C(=O)C2CCC2)cc1. The van der Waals surface area contributed by atoms with Gasteiger partial charge < -0.3 is 14.0 Å². The second-order valence-corrected chi connectivity index (χ2v) is 9.71. The van der Waals surface area contributed by atoms with Gasteiger partial charge in [0, 0.05) is 12.5 Å². The van der Waals surface area contributed by atoms with E-state index in [0.717, 1.165) is 37.9 Å². The molecule has 0 radical (unpaired) electrons. The van der Waals surface area contributed by atoms with Crippen molar-refractivity contribution in [1.29, 1.82) is 0 Å². The summed E-state index contributed by atoms with van der Waals surface area (Å²) in [4.78, 5) is 15.9. The van der Waals surface area contributed by atoms with Crippen LogP contribution in [0, 0.1) is 5.92 Å². The van der Waals surface area contributed by atoms with E-state index in [1.807, 2.05) is 17.0 Å². The Morgan fingerprint density at radius 3 is 2.31 bits per heavy atom. The number of amides is 1. The van der Waals surface area contributed by atoms with Crippen molar-refractivity contribution in [3.63, 3.8) is 0 Å². The highest BCUT2D eigenvalue weighted by Crippen LogP contribution is 2.29. The van der Waals surface area contributed by atoms with E-state index in [1.165, 1.54) is 4.90 Å². The van der Waals surface area contributed by atoms with Gasteiger partial charge in [-0.05, 0) is 44.4 Å². The normalized spacial score (nSPS) is 15.2. The molecular weight excluding hydrogens is 352 g/mol. The number of hydrogen-bond acceptors (Lipinski definition) is 4. The molecule has 1 aliphatic rings.